The number of hydrogen-bond acceptors (Lipinski definition) is 4. The van der Waals surface area contributed by atoms with Gasteiger partial charge in [0.25, 0.3) is 11.8 Å². The van der Waals surface area contributed by atoms with Crippen molar-refractivity contribution < 1.29 is 18.4 Å². The molecule has 0 aliphatic heterocycles. The van der Waals surface area contributed by atoms with Crippen LogP contribution >= 0.6 is 0 Å². The van der Waals surface area contributed by atoms with Crippen molar-refractivity contribution in [1.82, 2.24) is 5.43 Å². The van der Waals surface area contributed by atoms with E-state index in [1.807, 2.05) is 31.2 Å². The molecule has 2 N–H and O–H groups in total. The van der Waals surface area contributed by atoms with Crippen LogP contribution in [0, 0.1) is 12.7 Å². The van der Waals surface area contributed by atoms with E-state index < -0.39 is 11.7 Å². The first kappa shape index (κ1) is 23.4. The Balaban J connectivity index is 1.51. The molecule has 34 heavy (non-hydrogen) atoms. The van der Waals surface area contributed by atoms with Gasteiger partial charge in [0, 0.05) is 23.2 Å². The van der Waals surface area contributed by atoms with Gasteiger partial charge in [-0.15, -0.1) is 0 Å². The van der Waals surface area contributed by atoms with Crippen LogP contribution < -0.4 is 10.7 Å². The van der Waals surface area contributed by atoms with E-state index in [0.717, 1.165) is 31.2 Å². The summed E-state index contributed by atoms with van der Waals surface area (Å²) in [5.41, 5.74) is 6.33. The first-order chi connectivity index (χ1) is 16.5. The first-order valence-corrected chi connectivity index (χ1v) is 11.6. The summed E-state index contributed by atoms with van der Waals surface area (Å²) < 4.78 is 19.8. The summed E-state index contributed by atoms with van der Waals surface area (Å²) in [6.45, 7) is 3.97. The number of carbonyl (C=O) groups excluding carboxylic acids is 2. The summed E-state index contributed by atoms with van der Waals surface area (Å²) >= 11 is 0. The van der Waals surface area contributed by atoms with Gasteiger partial charge in [0.1, 0.15) is 11.6 Å². The number of fused-ring (bicyclic) bond motifs is 1. The van der Waals surface area contributed by atoms with Gasteiger partial charge in [-0.05, 0) is 62.4 Å². The van der Waals surface area contributed by atoms with Gasteiger partial charge < -0.3 is 9.73 Å². The molecule has 1 aromatic heterocycles. The van der Waals surface area contributed by atoms with Crippen molar-refractivity contribution in [3.8, 4) is 0 Å². The second-order valence-corrected chi connectivity index (χ2v) is 8.44. The third kappa shape index (κ3) is 5.09. The number of rotatable bonds is 7. The Kier molecular flexibility index (Phi) is 7.21. The van der Waals surface area contributed by atoms with Crippen LogP contribution in [0.1, 0.15) is 76.0 Å². The maximum atomic E-state index is 13.9. The van der Waals surface area contributed by atoms with Gasteiger partial charge in [-0.1, -0.05) is 37.6 Å². The molecule has 0 fully saturated rings. The average Bonchev–Trinajstić information content (AvgIpc) is 3.19. The molecule has 1 heterocycles. The Morgan fingerprint density at radius 3 is 2.56 bits per heavy atom. The number of nitrogens with zero attached hydrogens (tertiary/aromatic N) is 1. The van der Waals surface area contributed by atoms with Crippen molar-refractivity contribution in [2.75, 3.05) is 5.32 Å². The zero-order valence-electron chi connectivity index (χ0n) is 19.4. The minimum atomic E-state index is -0.626. The standard InChI is InChI=1S/C27H28FN3O3/c1-3-4-8-18-13-15-19(16-14-18)29-27(33)25-17(2)24-22(11-7-12-23(24)34-25)30-31-26(32)20-9-5-6-10-21(20)28/h5-6,9-10,13-16H,3-4,7-8,11-12H2,1-2H3,(H,29,33)(H,31,32)/b30-22+. The first-order valence-electron chi connectivity index (χ1n) is 11.6. The van der Waals surface area contributed by atoms with Gasteiger partial charge >= 0.3 is 0 Å². The van der Waals surface area contributed by atoms with Gasteiger partial charge in [-0.25, -0.2) is 9.82 Å². The Morgan fingerprint density at radius 1 is 1.06 bits per heavy atom. The predicted molar refractivity (Wildman–Crippen MR) is 130 cm³/mol. The lowest BCUT2D eigenvalue weighted by molar-refractivity contribution is 0.0949. The minimum absolute atomic E-state index is 0.0763. The second-order valence-electron chi connectivity index (χ2n) is 8.44. The number of amides is 2. The van der Waals surface area contributed by atoms with Crippen LogP contribution in [-0.2, 0) is 12.8 Å². The number of hydrazone groups is 1. The molecule has 4 rings (SSSR count). The van der Waals surface area contributed by atoms with E-state index in [4.69, 9.17) is 4.42 Å². The third-order valence-electron chi connectivity index (χ3n) is 5.97. The van der Waals surface area contributed by atoms with Crippen LogP contribution in [0.3, 0.4) is 0 Å². The van der Waals surface area contributed by atoms with Crippen LogP contribution in [-0.4, -0.2) is 17.5 Å². The number of anilines is 1. The molecule has 7 heteroatoms. The SMILES string of the molecule is CCCCc1ccc(NC(=O)c2oc3c(c2C)/C(=N/NC(=O)c2ccccc2F)CCC3)cc1. The number of unbranched alkanes of at least 4 members (excludes halogenated alkanes) is 1. The minimum Gasteiger partial charge on any atom is -0.455 e. The van der Waals surface area contributed by atoms with E-state index in [1.54, 1.807) is 6.07 Å². The second kappa shape index (κ2) is 10.5. The van der Waals surface area contributed by atoms with Gasteiger partial charge in [0.15, 0.2) is 5.76 Å². The Morgan fingerprint density at radius 2 is 1.82 bits per heavy atom. The fraction of sp³-hybridized carbons (Fsp3) is 0.296. The van der Waals surface area contributed by atoms with Gasteiger partial charge in [0.05, 0.1) is 11.3 Å². The van der Waals surface area contributed by atoms with E-state index in [0.29, 0.717) is 35.6 Å². The summed E-state index contributed by atoms with van der Waals surface area (Å²) in [6.07, 6.45) is 5.35. The maximum Gasteiger partial charge on any atom is 0.291 e. The van der Waals surface area contributed by atoms with Crippen molar-refractivity contribution in [1.29, 1.82) is 0 Å². The number of carbonyl (C=O) groups is 2. The van der Waals surface area contributed by atoms with Crippen molar-refractivity contribution in [3.63, 3.8) is 0 Å². The molecule has 0 saturated carbocycles. The van der Waals surface area contributed by atoms with Gasteiger partial charge in [-0.3, -0.25) is 9.59 Å². The molecule has 0 saturated heterocycles. The summed E-state index contributed by atoms with van der Waals surface area (Å²) in [7, 11) is 0. The number of benzene rings is 2. The molecule has 176 valence electrons. The lowest BCUT2D eigenvalue weighted by atomic mass is 9.93. The zero-order valence-corrected chi connectivity index (χ0v) is 19.4. The van der Waals surface area contributed by atoms with Crippen LogP contribution in [0.2, 0.25) is 0 Å². The van der Waals surface area contributed by atoms with Crippen molar-refractivity contribution in [3.05, 3.63) is 88.1 Å². The molecule has 0 radical (unpaired) electrons. The number of furan rings is 1. The molecule has 3 aromatic rings. The lowest BCUT2D eigenvalue weighted by Gasteiger charge is -2.13. The number of nitrogens with one attached hydrogen (secondary N) is 2. The zero-order chi connectivity index (χ0) is 24.1. The monoisotopic (exact) mass is 461 g/mol. The highest BCUT2D eigenvalue weighted by Gasteiger charge is 2.28. The van der Waals surface area contributed by atoms with Crippen molar-refractivity contribution >= 4 is 23.2 Å². The molecule has 0 bridgehead atoms. The highest BCUT2D eigenvalue weighted by molar-refractivity contribution is 6.09. The fourth-order valence-corrected chi connectivity index (χ4v) is 4.14. The molecule has 2 amide bonds. The average molecular weight is 462 g/mol. The van der Waals surface area contributed by atoms with E-state index in [-0.39, 0.29) is 17.2 Å². The van der Waals surface area contributed by atoms with E-state index in [1.165, 1.54) is 23.8 Å². The molecular weight excluding hydrogens is 433 g/mol. The lowest BCUT2D eigenvalue weighted by Crippen LogP contribution is -2.23. The number of hydrogen-bond donors (Lipinski definition) is 2. The number of halogens is 1. The fourth-order valence-electron chi connectivity index (χ4n) is 4.14. The topological polar surface area (TPSA) is 83.7 Å². The van der Waals surface area contributed by atoms with Crippen molar-refractivity contribution in [2.24, 2.45) is 5.10 Å². The molecule has 0 spiro atoms. The Labute approximate surface area is 198 Å². The number of aryl methyl sites for hydroxylation is 2. The summed E-state index contributed by atoms with van der Waals surface area (Å²) in [5, 5.41) is 7.15. The molecule has 1 aliphatic carbocycles. The molecule has 1 aliphatic rings. The van der Waals surface area contributed by atoms with E-state index in [2.05, 4.69) is 22.8 Å². The summed E-state index contributed by atoms with van der Waals surface area (Å²) in [4.78, 5) is 25.3. The normalized spacial score (nSPS) is 14.0. The van der Waals surface area contributed by atoms with Crippen LogP contribution in [0.5, 0.6) is 0 Å². The quantitative estimate of drug-likeness (QED) is 0.437. The van der Waals surface area contributed by atoms with Gasteiger partial charge in [-0.2, -0.15) is 5.10 Å². The van der Waals surface area contributed by atoms with E-state index in [9.17, 15) is 14.0 Å². The summed E-state index contributed by atoms with van der Waals surface area (Å²) in [6, 6.07) is 13.6. The molecule has 6 nitrogen and oxygen atoms in total. The molecule has 2 aromatic carbocycles. The Bertz CT molecular complexity index is 1230. The summed E-state index contributed by atoms with van der Waals surface area (Å²) in [5.74, 6) is -0.665. The van der Waals surface area contributed by atoms with Crippen LogP contribution in [0.25, 0.3) is 0 Å². The predicted octanol–water partition coefficient (Wildman–Crippen LogP) is 5.79. The van der Waals surface area contributed by atoms with Crippen molar-refractivity contribution in [2.45, 2.75) is 52.4 Å². The largest absolute Gasteiger partial charge is 0.455 e. The van der Waals surface area contributed by atoms with Crippen LogP contribution in [0.15, 0.2) is 58.0 Å². The smallest absolute Gasteiger partial charge is 0.291 e. The Hall–Kier alpha value is -3.74. The highest BCUT2D eigenvalue weighted by atomic mass is 19.1. The molecule has 0 atom stereocenters. The molecule has 0 unspecified atom stereocenters. The maximum absolute atomic E-state index is 13.9. The van der Waals surface area contributed by atoms with E-state index >= 15 is 0 Å². The van der Waals surface area contributed by atoms with Gasteiger partial charge in [0.2, 0.25) is 0 Å². The molecular formula is C27H28FN3O3. The van der Waals surface area contributed by atoms with Crippen LogP contribution in [0.4, 0.5) is 10.1 Å². The third-order valence-corrected chi connectivity index (χ3v) is 5.97. The highest BCUT2D eigenvalue weighted by Crippen LogP contribution is 2.30.